The van der Waals surface area contributed by atoms with E-state index in [4.69, 9.17) is 10.1 Å². The Balaban J connectivity index is 0.00000150. The van der Waals surface area contributed by atoms with E-state index in [-0.39, 0.29) is 30.7 Å². The lowest BCUT2D eigenvalue weighted by molar-refractivity contribution is -0.127. The Labute approximate surface area is 183 Å². The van der Waals surface area contributed by atoms with E-state index in [1.807, 2.05) is 12.1 Å². The van der Waals surface area contributed by atoms with Crippen molar-refractivity contribution >= 4 is 41.6 Å². The summed E-state index contributed by atoms with van der Waals surface area (Å²) in [6, 6.07) is 10.3. The largest absolute Gasteiger partial charge is 0.349 e. The second kappa shape index (κ2) is 9.57. The summed E-state index contributed by atoms with van der Waals surface area (Å²) in [7, 11) is 3.56. The summed E-state index contributed by atoms with van der Waals surface area (Å²) >= 11 is 0. The summed E-state index contributed by atoms with van der Waals surface area (Å²) in [5, 5.41) is 9.32. The van der Waals surface area contributed by atoms with Gasteiger partial charge in [-0.15, -0.1) is 24.8 Å². The topological polar surface area (TPSA) is 63.1 Å². The molecule has 3 heterocycles. The third-order valence-electron chi connectivity index (χ3n) is 5.09. The van der Waals surface area contributed by atoms with Crippen molar-refractivity contribution in [3.05, 3.63) is 47.2 Å². The fourth-order valence-corrected chi connectivity index (χ4v) is 3.51. The van der Waals surface area contributed by atoms with Gasteiger partial charge in [0.1, 0.15) is 5.69 Å². The number of hydrogen-bond donors (Lipinski definition) is 1. The minimum atomic E-state index is 0. The van der Waals surface area contributed by atoms with Crippen molar-refractivity contribution in [3.63, 3.8) is 0 Å². The molecule has 1 N–H and O–H groups in total. The highest BCUT2D eigenvalue weighted by Crippen LogP contribution is 2.26. The number of nitrogens with one attached hydrogen (secondary N) is 1. The molecule has 0 atom stereocenters. The van der Waals surface area contributed by atoms with Gasteiger partial charge in [-0.1, -0.05) is 12.1 Å². The maximum absolute atomic E-state index is 12.0. The first kappa shape index (κ1) is 23.1. The van der Waals surface area contributed by atoms with Crippen LogP contribution in [0.5, 0.6) is 0 Å². The zero-order valence-electron chi connectivity index (χ0n) is 16.9. The van der Waals surface area contributed by atoms with Crippen LogP contribution in [0.15, 0.2) is 30.3 Å². The van der Waals surface area contributed by atoms with Crippen molar-refractivity contribution in [2.75, 3.05) is 20.6 Å². The first-order valence-corrected chi connectivity index (χ1v) is 9.39. The van der Waals surface area contributed by atoms with Gasteiger partial charge in [-0.3, -0.25) is 9.48 Å². The molecule has 8 heteroatoms. The monoisotopic (exact) mass is 435 g/mol. The molecule has 0 spiro atoms. The molecule has 0 saturated heterocycles. The van der Waals surface area contributed by atoms with Crippen LogP contribution in [0.3, 0.4) is 0 Å². The van der Waals surface area contributed by atoms with Crippen LogP contribution >= 0.6 is 24.8 Å². The molecule has 0 fully saturated rings. The van der Waals surface area contributed by atoms with E-state index in [1.54, 1.807) is 19.0 Å². The van der Waals surface area contributed by atoms with Crippen LogP contribution in [0.1, 0.15) is 23.2 Å². The van der Waals surface area contributed by atoms with Crippen molar-refractivity contribution in [1.29, 1.82) is 0 Å². The zero-order chi connectivity index (χ0) is 19.0. The van der Waals surface area contributed by atoms with Gasteiger partial charge in [0.05, 0.1) is 23.3 Å². The number of benzene rings is 1. The molecule has 0 saturated carbocycles. The lowest BCUT2D eigenvalue weighted by Gasteiger charge is -2.11. The van der Waals surface area contributed by atoms with Crippen LogP contribution < -0.4 is 5.32 Å². The van der Waals surface area contributed by atoms with Crippen LogP contribution in [-0.2, 0) is 24.3 Å². The number of halogens is 2. The fourth-order valence-electron chi connectivity index (χ4n) is 3.51. The standard InChI is InChI=1S/C21H25N5O.2ClH/c1-14-9-19(20-12-16-13-22-7-4-8-26(16)24-20)23-18-10-15(5-6-17(14)18)11-21(27)25(2)3;;/h5-6,9-10,12,22H,4,7-8,11,13H2,1-3H3;2*1H. The van der Waals surface area contributed by atoms with Crippen LogP contribution in [0.2, 0.25) is 0 Å². The van der Waals surface area contributed by atoms with E-state index in [0.29, 0.717) is 6.42 Å². The highest BCUT2D eigenvalue weighted by atomic mass is 35.5. The molecule has 0 unspecified atom stereocenters. The van der Waals surface area contributed by atoms with E-state index in [2.05, 4.69) is 35.1 Å². The fraction of sp³-hybridized carbons (Fsp3) is 0.381. The molecular formula is C21H27Cl2N5O. The summed E-state index contributed by atoms with van der Waals surface area (Å²) in [6.07, 6.45) is 1.47. The number of likely N-dealkylation sites (N-methyl/N-ethyl adjacent to an activating group) is 1. The van der Waals surface area contributed by atoms with Gasteiger partial charge in [-0.2, -0.15) is 5.10 Å². The molecular weight excluding hydrogens is 409 g/mol. The molecule has 2 aromatic heterocycles. The van der Waals surface area contributed by atoms with E-state index in [0.717, 1.165) is 53.9 Å². The number of carbonyl (C=O) groups excluding carboxylic acids is 1. The highest BCUT2D eigenvalue weighted by Gasteiger charge is 2.14. The normalized spacial score (nSPS) is 13.1. The number of fused-ring (bicyclic) bond motifs is 2. The number of amides is 1. The van der Waals surface area contributed by atoms with E-state index < -0.39 is 0 Å². The van der Waals surface area contributed by atoms with Gasteiger partial charge in [0.15, 0.2) is 0 Å². The minimum absolute atomic E-state index is 0. The molecule has 1 aromatic carbocycles. The smallest absolute Gasteiger partial charge is 0.226 e. The van der Waals surface area contributed by atoms with Gasteiger partial charge >= 0.3 is 0 Å². The van der Waals surface area contributed by atoms with Crippen LogP contribution in [0.25, 0.3) is 22.3 Å². The van der Waals surface area contributed by atoms with E-state index in [1.165, 1.54) is 11.3 Å². The quantitative estimate of drug-likeness (QED) is 0.684. The molecule has 4 rings (SSSR count). The van der Waals surface area contributed by atoms with Crippen molar-refractivity contribution in [2.45, 2.75) is 32.9 Å². The van der Waals surface area contributed by atoms with Gasteiger partial charge in [-0.05, 0) is 49.2 Å². The molecule has 3 aromatic rings. The third kappa shape index (κ3) is 4.89. The van der Waals surface area contributed by atoms with Gasteiger partial charge in [0, 0.05) is 32.6 Å². The number of pyridine rings is 1. The number of aryl methyl sites for hydroxylation is 2. The van der Waals surface area contributed by atoms with Crippen molar-refractivity contribution in [2.24, 2.45) is 0 Å². The molecule has 29 heavy (non-hydrogen) atoms. The van der Waals surface area contributed by atoms with Gasteiger partial charge < -0.3 is 10.2 Å². The summed E-state index contributed by atoms with van der Waals surface area (Å²) in [4.78, 5) is 18.5. The van der Waals surface area contributed by atoms with Crippen LogP contribution in [0.4, 0.5) is 0 Å². The second-order valence-corrected chi connectivity index (χ2v) is 7.42. The first-order chi connectivity index (χ1) is 13.0. The number of aromatic nitrogens is 3. The Kier molecular flexibility index (Phi) is 7.63. The molecule has 156 valence electrons. The predicted octanol–water partition coefficient (Wildman–Crippen LogP) is 3.37. The average Bonchev–Trinajstić information content (AvgIpc) is 2.92. The number of rotatable bonds is 3. The van der Waals surface area contributed by atoms with Crippen molar-refractivity contribution in [3.8, 4) is 11.4 Å². The molecule has 0 radical (unpaired) electrons. The highest BCUT2D eigenvalue weighted by molar-refractivity contribution is 5.87. The maximum Gasteiger partial charge on any atom is 0.226 e. The molecule has 0 aliphatic carbocycles. The molecule has 6 nitrogen and oxygen atoms in total. The van der Waals surface area contributed by atoms with Crippen LogP contribution in [0, 0.1) is 6.92 Å². The molecule has 1 aliphatic heterocycles. The summed E-state index contributed by atoms with van der Waals surface area (Å²) < 4.78 is 2.09. The Hall–Kier alpha value is -2.15. The molecule has 0 bridgehead atoms. The Morgan fingerprint density at radius 3 is 2.72 bits per heavy atom. The number of carbonyl (C=O) groups is 1. The third-order valence-corrected chi connectivity index (χ3v) is 5.09. The minimum Gasteiger partial charge on any atom is -0.349 e. The average molecular weight is 436 g/mol. The Bertz CT molecular complexity index is 992. The number of hydrogen-bond acceptors (Lipinski definition) is 4. The van der Waals surface area contributed by atoms with Gasteiger partial charge in [0.25, 0.3) is 0 Å². The SMILES string of the molecule is Cc1cc(-c2cc3n(n2)CCCNC3)nc2cc(CC(=O)N(C)C)ccc12.Cl.Cl. The number of nitrogens with zero attached hydrogens (tertiary/aromatic N) is 4. The van der Waals surface area contributed by atoms with Gasteiger partial charge in [-0.25, -0.2) is 4.98 Å². The molecule has 1 amide bonds. The lowest BCUT2D eigenvalue weighted by atomic mass is 10.0. The molecule has 1 aliphatic rings. The maximum atomic E-state index is 12.0. The van der Waals surface area contributed by atoms with Crippen molar-refractivity contribution < 1.29 is 4.79 Å². The summed E-state index contributed by atoms with van der Waals surface area (Å²) in [6.45, 7) is 4.91. The van der Waals surface area contributed by atoms with E-state index >= 15 is 0 Å². The lowest BCUT2D eigenvalue weighted by Crippen LogP contribution is -2.23. The Morgan fingerprint density at radius 2 is 1.97 bits per heavy atom. The predicted molar refractivity (Wildman–Crippen MR) is 121 cm³/mol. The van der Waals surface area contributed by atoms with Crippen LogP contribution in [-0.4, -0.2) is 46.2 Å². The Morgan fingerprint density at radius 1 is 1.17 bits per heavy atom. The zero-order valence-corrected chi connectivity index (χ0v) is 18.6. The van der Waals surface area contributed by atoms with E-state index in [9.17, 15) is 4.79 Å². The van der Waals surface area contributed by atoms with Gasteiger partial charge in [0.2, 0.25) is 5.91 Å². The first-order valence-electron chi connectivity index (χ1n) is 9.39. The summed E-state index contributed by atoms with van der Waals surface area (Å²) in [5.74, 6) is 0.0903. The summed E-state index contributed by atoms with van der Waals surface area (Å²) in [5.41, 5.74) is 6.06. The van der Waals surface area contributed by atoms with Crippen molar-refractivity contribution in [1.82, 2.24) is 25.0 Å². The second-order valence-electron chi connectivity index (χ2n) is 7.42.